The second-order valence-electron chi connectivity index (χ2n) is 3.70. The van der Waals surface area contributed by atoms with Crippen LogP contribution in [0.5, 0.6) is 11.5 Å². The van der Waals surface area contributed by atoms with E-state index in [9.17, 15) is 15.0 Å². The third-order valence-electron chi connectivity index (χ3n) is 2.36. The summed E-state index contributed by atoms with van der Waals surface area (Å²) in [7, 11) is 0. The number of carboxylic acid groups (broad SMARTS) is 1. The predicted octanol–water partition coefficient (Wildman–Crippen LogP) is 3.21. The van der Waals surface area contributed by atoms with E-state index in [1.54, 1.807) is 12.1 Å². The van der Waals surface area contributed by atoms with Crippen molar-refractivity contribution in [1.82, 2.24) is 0 Å². The molecule has 0 fully saturated rings. The van der Waals surface area contributed by atoms with E-state index in [1.807, 2.05) is 0 Å². The van der Waals surface area contributed by atoms with Gasteiger partial charge in [0, 0.05) is 6.07 Å². The molecule has 96 valence electrons. The summed E-state index contributed by atoms with van der Waals surface area (Å²) in [6.07, 6.45) is 0. The molecule has 2 aromatic rings. The zero-order valence-corrected chi connectivity index (χ0v) is 9.69. The van der Waals surface area contributed by atoms with Crippen LogP contribution in [0.2, 0.25) is 0 Å². The normalized spacial score (nSPS) is 10.7. The number of aromatic hydroxyl groups is 2. The standard InChI is InChI=1S/C13H10N2O4/c16-8-5-6-12(17)11(7-8)15-14-10-4-2-1-3-9(10)13(18)19/h1-7,16-17H,(H,18,19). The van der Waals surface area contributed by atoms with Crippen LogP contribution in [-0.4, -0.2) is 21.3 Å². The second kappa shape index (κ2) is 5.18. The summed E-state index contributed by atoms with van der Waals surface area (Å²) >= 11 is 0. The monoisotopic (exact) mass is 258 g/mol. The maximum atomic E-state index is 11.0. The number of phenols is 2. The van der Waals surface area contributed by atoms with Gasteiger partial charge in [0.1, 0.15) is 22.9 Å². The lowest BCUT2D eigenvalue weighted by atomic mass is 10.2. The number of hydrogen-bond acceptors (Lipinski definition) is 5. The van der Waals surface area contributed by atoms with Crippen LogP contribution in [0.4, 0.5) is 11.4 Å². The average molecular weight is 258 g/mol. The Bertz CT molecular complexity index is 653. The largest absolute Gasteiger partial charge is 0.508 e. The fourth-order valence-electron chi connectivity index (χ4n) is 1.44. The van der Waals surface area contributed by atoms with E-state index < -0.39 is 5.97 Å². The summed E-state index contributed by atoms with van der Waals surface area (Å²) in [4.78, 5) is 11.0. The van der Waals surface area contributed by atoms with Crippen molar-refractivity contribution in [2.45, 2.75) is 0 Å². The summed E-state index contributed by atoms with van der Waals surface area (Å²) in [6, 6.07) is 9.90. The number of rotatable bonds is 3. The topological polar surface area (TPSA) is 102 Å². The molecular weight excluding hydrogens is 248 g/mol. The smallest absolute Gasteiger partial charge is 0.337 e. The molecule has 0 aliphatic rings. The molecule has 6 nitrogen and oxygen atoms in total. The summed E-state index contributed by atoms with van der Waals surface area (Å²) in [5.41, 5.74) is 0.226. The summed E-state index contributed by atoms with van der Waals surface area (Å²) in [5.74, 6) is -1.35. The first-order valence-electron chi connectivity index (χ1n) is 5.34. The van der Waals surface area contributed by atoms with Crippen molar-refractivity contribution in [1.29, 1.82) is 0 Å². The fourth-order valence-corrected chi connectivity index (χ4v) is 1.44. The first kappa shape index (κ1) is 12.6. The Labute approximate surface area is 108 Å². The molecule has 0 radical (unpaired) electrons. The molecule has 0 aromatic heterocycles. The van der Waals surface area contributed by atoms with E-state index >= 15 is 0 Å². The van der Waals surface area contributed by atoms with Crippen LogP contribution in [0.15, 0.2) is 52.7 Å². The van der Waals surface area contributed by atoms with Gasteiger partial charge < -0.3 is 15.3 Å². The highest BCUT2D eigenvalue weighted by Gasteiger charge is 2.08. The van der Waals surface area contributed by atoms with Crippen molar-refractivity contribution in [3.05, 3.63) is 48.0 Å². The van der Waals surface area contributed by atoms with Crippen LogP contribution >= 0.6 is 0 Å². The number of phenolic OH excluding ortho intramolecular Hbond substituents is 2. The van der Waals surface area contributed by atoms with Gasteiger partial charge in [0.25, 0.3) is 0 Å². The van der Waals surface area contributed by atoms with E-state index in [0.29, 0.717) is 0 Å². The maximum Gasteiger partial charge on any atom is 0.337 e. The number of carbonyl (C=O) groups is 1. The van der Waals surface area contributed by atoms with Gasteiger partial charge >= 0.3 is 5.97 Å². The first-order valence-corrected chi connectivity index (χ1v) is 5.34. The van der Waals surface area contributed by atoms with Crippen LogP contribution in [0.1, 0.15) is 10.4 Å². The molecule has 0 unspecified atom stereocenters. The average Bonchev–Trinajstić information content (AvgIpc) is 2.40. The van der Waals surface area contributed by atoms with Gasteiger partial charge in [-0.3, -0.25) is 0 Å². The molecule has 2 rings (SSSR count). The lowest BCUT2D eigenvalue weighted by Crippen LogP contribution is -1.95. The lowest BCUT2D eigenvalue weighted by molar-refractivity contribution is 0.0697. The highest BCUT2D eigenvalue weighted by atomic mass is 16.4. The number of carboxylic acids is 1. The van der Waals surface area contributed by atoms with Gasteiger partial charge in [-0.15, -0.1) is 10.2 Å². The molecule has 2 aromatic carbocycles. The minimum atomic E-state index is -1.12. The third-order valence-corrected chi connectivity index (χ3v) is 2.36. The second-order valence-corrected chi connectivity index (χ2v) is 3.70. The summed E-state index contributed by atoms with van der Waals surface area (Å²) in [6.45, 7) is 0. The van der Waals surface area contributed by atoms with Crippen LogP contribution in [0.3, 0.4) is 0 Å². The highest BCUT2D eigenvalue weighted by Crippen LogP contribution is 2.31. The van der Waals surface area contributed by atoms with Gasteiger partial charge in [0.15, 0.2) is 0 Å². The maximum absolute atomic E-state index is 11.0. The summed E-state index contributed by atoms with van der Waals surface area (Å²) in [5, 5.41) is 35.3. The zero-order valence-electron chi connectivity index (χ0n) is 9.69. The minimum absolute atomic E-state index is 0.00546. The number of aromatic carboxylic acids is 1. The Balaban J connectivity index is 2.38. The first-order chi connectivity index (χ1) is 9.08. The minimum Gasteiger partial charge on any atom is -0.508 e. The Kier molecular flexibility index (Phi) is 3.42. The third kappa shape index (κ3) is 2.86. The van der Waals surface area contributed by atoms with Crippen molar-refractivity contribution in [2.75, 3.05) is 0 Å². The van der Waals surface area contributed by atoms with Gasteiger partial charge in [-0.1, -0.05) is 12.1 Å². The van der Waals surface area contributed by atoms with Crippen molar-refractivity contribution < 1.29 is 20.1 Å². The van der Waals surface area contributed by atoms with E-state index in [0.717, 1.165) is 0 Å². The van der Waals surface area contributed by atoms with Crippen LogP contribution in [-0.2, 0) is 0 Å². The molecule has 0 atom stereocenters. The van der Waals surface area contributed by atoms with E-state index in [1.165, 1.54) is 30.3 Å². The van der Waals surface area contributed by atoms with Crippen molar-refractivity contribution in [2.24, 2.45) is 10.2 Å². The molecule has 0 amide bonds. The quantitative estimate of drug-likeness (QED) is 0.581. The molecule has 3 N–H and O–H groups in total. The number of hydrogen-bond donors (Lipinski definition) is 3. The highest BCUT2D eigenvalue weighted by molar-refractivity contribution is 5.93. The molecule has 0 bridgehead atoms. The Morgan fingerprint density at radius 3 is 2.37 bits per heavy atom. The van der Waals surface area contributed by atoms with E-state index in [-0.39, 0.29) is 28.4 Å². The molecule has 0 heterocycles. The van der Waals surface area contributed by atoms with Crippen LogP contribution < -0.4 is 0 Å². The van der Waals surface area contributed by atoms with Gasteiger partial charge in [-0.25, -0.2) is 4.79 Å². The number of azo groups is 1. The Morgan fingerprint density at radius 2 is 1.63 bits per heavy atom. The predicted molar refractivity (Wildman–Crippen MR) is 67.3 cm³/mol. The van der Waals surface area contributed by atoms with Crippen molar-refractivity contribution >= 4 is 17.3 Å². The lowest BCUT2D eigenvalue weighted by Gasteiger charge is -2.00. The summed E-state index contributed by atoms with van der Waals surface area (Å²) < 4.78 is 0. The van der Waals surface area contributed by atoms with Crippen LogP contribution in [0.25, 0.3) is 0 Å². The molecule has 0 aliphatic heterocycles. The van der Waals surface area contributed by atoms with Crippen molar-refractivity contribution in [3.63, 3.8) is 0 Å². The van der Waals surface area contributed by atoms with Gasteiger partial charge in [-0.2, -0.15) is 0 Å². The molecule has 19 heavy (non-hydrogen) atoms. The van der Waals surface area contributed by atoms with Crippen LogP contribution in [0, 0.1) is 0 Å². The van der Waals surface area contributed by atoms with Crippen molar-refractivity contribution in [3.8, 4) is 11.5 Å². The molecule has 0 saturated carbocycles. The Morgan fingerprint density at radius 1 is 0.947 bits per heavy atom. The molecule has 6 heteroatoms. The van der Waals surface area contributed by atoms with E-state index in [4.69, 9.17) is 5.11 Å². The van der Waals surface area contributed by atoms with Gasteiger partial charge in [-0.05, 0) is 24.3 Å². The Hall–Kier alpha value is -2.89. The fraction of sp³-hybridized carbons (Fsp3) is 0. The molecule has 0 spiro atoms. The number of nitrogens with zero attached hydrogens (tertiary/aromatic N) is 2. The SMILES string of the molecule is O=C(O)c1ccccc1N=Nc1cc(O)ccc1O. The van der Waals surface area contributed by atoms with Gasteiger partial charge in [0.2, 0.25) is 0 Å². The molecule has 0 saturated heterocycles. The number of benzene rings is 2. The van der Waals surface area contributed by atoms with E-state index in [2.05, 4.69) is 10.2 Å². The van der Waals surface area contributed by atoms with Gasteiger partial charge in [0.05, 0.1) is 5.56 Å². The molecular formula is C13H10N2O4. The zero-order chi connectivity index (χ0) is 13.8. The molecule has 0 aliphatic carbocycles.